The lowest BCUT2D eigenvalue weighted by molar-refractivity contribution is -0.160. The summed E-state index contributed by atoms with van der Waals surface area (Å²) in [4.78, 5) is 27.7. The summed E-state index contributed by atoms with van der Waals surface area (Å²) in [5.74, 6) is -1.55. The highest BCUT2D eigenvalue weighted by atomic mass is 35.5. The van der Waals surface area contributed by atoms with E-state index in [1.54, 1.807) is 30.0 Å². The van der Waals surface area contributed by atoms with Gasteiger partial charge < -0.3 is 10.0 Å². The number of sulfonamides is 1. The lowest BCUT2D eigenvalue weighted by atomic mass is 9.67. The lowest BCUT2D eigenvalue weighted by Crippen LogP contribution is -2.56. The maximum atomic E-state index is 14.1. The molecule has 1 aliphatic carbocycles. The number of rotatable bonds is 10. The van der Waals surface area contributed by atoms with Gasteiger partial charge in [0.25, 0.3) is 0 Å². The first-order chi connectivity index (χ1) is 17.4. The summed E-state index contributed by atoms with van der Waals surface area (Å²) in [5, 5.41) is 10.5. The Balaban J connectivity index is 1.74. The number of carbonyl (C=O) groups is 2. The van der Waals surface area contributed by atoms with Gasteiger partial charge in [-0.2, -0.15) is 0 Å². The fourth-order valence-electron chi connectivity index (χ4n) is 5.41. The van der Waals surface area contributed by atoms with Gasteiger partial charge in [-0.1, -0.05) is 54.4 Å². The Labute approximate surface area is 228 Å². The zero-order chi connectivity index (χ0) is 27.0. The Hall–Kier alpha value is -2.13. The molecule has 2 aromatic rings. The number of amides is 1. The molecule has 4 rings (SSSR count). The van der Waals surface area contributed by atoms with E-state index in [1.165, 1.54) is 0 Å². The third kappa shape index (κ3) is 6.30. The molecule has 0 bridgehead atoms. The van der Waals surface area contributed by atoms with Gasteiger partial charge in [-0.25, -0.2) is 13.1 Å². The third-order valence-corrected chi connectivity index (χ3v) is 9.88. The van der Waals surface area contributed by atoms with Crippen LogP contribution in [0.25, 0.3) is 0 Å². The molecule has 1 heterocycles. The number of carboxylic acid groups (broad SMARTS) is 1. The average molecular weight is 568 g/mol. The fraction of sp³-hybridized carbons (Fsp3) is 0.481. The second-order valence-corrected chi connectivity index (χ2v) is 13.4. The van der Waals surface area contributed by atoms with Crippen LogP contribution in [-0.2, 0) is 19.6 Å². The number of hydrogen-bond donors (Lipinski definition) is 2. The molecule has 0 radical (unpaired) electrons. The van der Waals surface area contributed by atoms with Crippen LogP contribution in [0.5, 0.6) is 0 Å². The van der Waals surface area contributed by atoms with Crippen LogP contribution >= 0.6 is 23.2 Å². The first kappa shape index (κ1) is 27.9. The Morgan fingerprint density at radius 3 is 2.41 bits per heavy atom. The molecule has 2 aromatic carbocycles. The van der Waals surface area contributed by atoms with E-state index in [-0.39, 0.29) is 36.1 Å². The van der Waals surface area contributed by atoms with Crippen molar-refractivity contribution in [1.82, 2.24) is 9.62 Å². The van der Waals surface area contributed by atoms with Gasteiger partial charge >= 0.3 is 5.97 Å². The Morgan fingerprint density at radius 2 is 1.81 bits per heavy atom. The van der Waals surface area contributed by atoms with Crippen molar-refractivity contribution in [1.29, 1.82) is 0 Å². The van der Waals surface area contributed by atoms with E-state index in [1.807, 2.05) is 37.3 Å². The van der Waals surface area contributed by atoms with Crippen LogP contribution in [0.3, 0.4) is 0 Å². The van der Waals surface area contributed by atoms with Crippen LogP contribution in [0.1, 0.15) is 69.0 Å². The standard InChI is InChI=1S/C27H32Cl2N2O5S/c1-17(12-13-30-37(35,36)22-10-11-22)31-25(18-6-8-20(28)9-7-18)23(19-4-3-5-21(29)14-19)15-27(2,26(31)34)16-24(32)33/h3-9,14,17,22-23,25,30H,10-13,15-16H2,1-2H3,(H,32,33)/t17-,23+,25+,27+/m0/s1. The fourth-order valence-corrected chi connectivity index (χ4v) is 7.13. The first-order valence-corrected chi connectivity index (χ1v) is 14.8. The van der Waals surface area contributed by atoms with Gasteiger partial charge in [0.15, 0.2) is 0 Å². The van der Waals surface area contributed by atoms with Crippen molar-refractivity contribution < 1.29 is 23.1 Å². The predicted octanol–water partition coefficient (Wildman–Crippen LogP) is 5.39. The van der Waals surface area contributed by atoms with E-state index in [0.29, 0.717) is 35.7 Å². The molecule has 37 heavy (non-hydrogen) atoms. The molecule has 1 amide bonds. The molecule has 4 atom stereocenters. The lowest BCUT2D eigenvalue weighted by Gasteiger charge is -2.51. The van der Waals surface area contributed by atoms with Gasteiger partial charge in [0.2, 0.25) is 15.9 Å². The molecule has 1 saturated carbocycles. The Morgan fingerprint density at radius 1 is 1.14 bits per heavy atom. The number of nitrogens with zero attached hydrogens (tertiary/aromatic N) is 1. The summed E-state index contributed by atoms with van der Waals surface area (Å²) >= 11 is 12.5. The second kappa shape index (κ2) is 10.9. The molecule has 0 unspecified atom stereocenters. The Kier molecular flexibility index (Phi) is 8.24. The minimum absolute atomic E-state index is 0.189. The zero-order valence-corrected chi connectivity index (χ0v) is 23.2. The molecule has 200 valence electrons. The van der Waals surface area contributed by atoms with Gasteiger partial charge in [0.05, 0.1) is 23.1 Å². The maximum absolute atomic E-state index is 14.1. The SMILES string of the molecule is C[C@@H](CCNS(=O)(=O)C1CC1)N1C(=O)[C@@](C)(CC(=O)O)C[C@H](c2cccc(Cl)c2)[C@H]1c1ccc(Cl)cc1. The minimum atomic E-state index is -3.36. The summed E-state index contributed by atoms with van der Waals surface area (Å²) in [6, 6.07) is 14.0. The summed E-state index contributed by atoms with van der Waals surface area (Å²) < 4.78 is 27.4. The molecule has 10 heteroatoms. The van der Waals surface area contributed by atoms with Crippen molar-refractivity contribution in [2.24, 2.45) is 5.41 Å². The van der Waals surface area contributed by atoms with E-state index >= 15 is 0 Å². The van der Waals surface area contributed by atoms with E-state index in [2.05, 4.69) is 4.72 Å². The van der Waals surface area contributed by atoms with Crippen molar-refractivity contribution in [2.75, 3.05) is 6.54 Å². The topological polar surface area (TPSA) is 104 Å². The number of hydrogen-bond acceptors (Lipinski definition) is 4. The quantitative estimate of drug-likeness (QED) is 0.401. The molecular weight excluding hydrogens is 535 g/mol. The van der Waals surface area contributed by atoms with E-state index in [9.17, 15) is 23.1 Å². The van der Waals surface area contributed by atoms with Crippen LogP contribution in [0.15, 0.2) is 48.5 Å². The monoisotopic (exact) mass is 566 g/mol. The number of halogens is 2. The van der Waals surface area contributed by atoms with Crippen molar-refractivity contribution in [3.8, 4) is 0 Å². The van der Waals surface area contributed by atoms with Crippen LogP contribution in [0.2, 0.25) is 10.0 Å². The minimum Gasteiger partial charge on any atom is -0.481 e. The molecule has 2 fully saturated rings. The van der Waals surface area contributed by atoms with E-state index in [4.69, 9.17) is 23.2 Å². The van der Waals surface area contributed by atoms with Crippen LogP contribution in [0, 0.1) is 5.41 Å². The number of carbonyl (C=O) groups excluding carboxylic acids is 1. The van der Waals surface area contributed by atoms with E-state index in [0.717, 1.165) is 11.1 Å². The normalized spacial score (nSPS) is 25.2. The van der Waals surface area contributed by atoms with Crippen molar-refractivity contribution in [3.05, 3.63) is 69.7 Å². The van der Waals surface area contributed by atoms with Crippen molar-refractivity contribution in [2.45, 2.75) is 69.2 Å². The smallest absolute Gasteiger partial charge is 0.304 e. The number of aliphatic carboxylic acids is 1. The molecule has 1 saturated heterocycles. The van der Waals surface area contributed by atoms with Crippen LogP contribution in [-0.4, -0.2) is 48.1 Å². The third-order valence-electron chi connectivity index (χ3n) is 7.44. The zero-order valence-electron chi connectivity index (χ0n) is 20.9. The number of nitrogens with one attached hydrogen (secondary N) is 1. The van der Waals surface area contributed by atoms with Gasteiger partial charge in [-0.15, -0.1) is 0 Å². The van der Waals surface area contributed by atoms with Crippen LogP contribution < -0.4 is 4.72 Å². The molecule has 1 aliphatic heterocycles. The summed E-state index contributed by atoms with van der Waals surface area (Å²) in [6.45, 7) is 3.77. The molecule has 0 spiro atoms. The summed E-state index contributed by atoms with van der Waals surface area (Å²) in [6.07, 6.45) is 1.73. The highest BCUT2D eigenvalue weighted by molar-refractivity contribution is 7.90. The summed E-state index contributed by atoms with van der Waals surface area (Å²) in [7, 11) is -3.36. The number of benzene rings is 2. The second-order valence-electron chi connectivity index (χ2n) is 10.5. The van der Waals surface area contributed by atoms with Gasteiger partial charge in [-0.3, -0.25) is 9.59 Å². The number of likely N-dealkylation sites (tertiary alicyclic amines) is 1. The average Bonchev–Trinajstić information content (AvgIpc) is 3.67. The van der Waals surface area contributed by atoms with Gasteiger partial charge in [0, 0.05) is 28.5 Å². The highest BCUT2D eigenvalue weighted by Crippen LogP contribution is 2.52. The Bertz CT molecular complexity index is 1270. The van der Waals surface area contributed by atoms with Gasteiger partial charge in [0.1, 0.15) is 0 Å². The summed E-state index contributed by atoms with van der Waals surface area (Å²) in [5.41, 5.74) is 0.623. The van der Waals surface area contributed by atoms with Crippen molar-refractivity contribution >= 4 is 45.1 Å². The largest absolute Gasteiger partial charge is 0.481 e. The predicted molar refractivity (Wildman–Crippen MR) is 144 cm³/mol. The molecule has 2 aliphatic rings. The highest BCUT2D eigenvalue weighted by Gasteiger charge is 2.51. The van der Waals surface area contributed by atoms with Gasteiger partial charge in [-0.05, 0) is 68.0 Å². The van der Waals surface area contributed by atoms with Crippen LogP contribution in [0.4, 0.5) is 0 Å². The number of carboxylic acids is 1. The van der Waals surface area contributed by atoms with Crippen molar-refractivity contribution in [3.63, 3.8) is 0 Å². The number of piperidine rings is 1. The molecule has 7 nitrogen and oxygen atoms in total. The maximum Gasteiger partial charge on any atom is 0.304 e. The molecule has 2 N–H and O–H groups in total. The molecule has 0 aromatic heterocycles. The molecular formula is C27H32Cl2N2O5S. The first-order valence-electron chi connectivity index (χ1n) is 12.5. The van der Waals surface area contributed by atoms with E-state index < -0.39 is 27.4 Å².